The Morgan fingerprint density at radius 1 is 1.10 bits per heavy atom. The third-order valence-electron chi connectivity index (χ3n) is 3.91. The number of hydrazone groups is 1. The highest BCUT2D eigenvalue weighted by molar-refractivity contribution is 7.99. The molecule has 0 heterocycles. The molecule has 0 saturated carbocycles. The number of nitro benzene ring substituents is 1. The largest absolute Gasteiger partial charge is 0.283 e. The van der Waals surface area contributed by atoms with Crippen molar-refractivity contribution >= 4 is 41.2 Å². The molecular weight excluding hydrogens is 410 g/mol. The van der Waals surface area contributed by atoms with Gasteiger partial charge in [-0.3, -0.25) is 14.9 Å². The van der Waals surface area contributed by atoms with Crippen LogP contribution in [0.2, 0.25) is 5.02 Å². The van der Waals surface area contributed by atoms with Crippen LogP contribution in [-0.2, 0) is 0 Å². The van der Waals surface area contributed by atoms with E-state index < -0.39 is 4.92 Å². The van der Waals surface area contributed by atoms with E-state index in [-0.39, 0.29) is 11.6 Å². The molecule has 0 bridgehead atoms. The zero-order valence-corrected chi connectivity index (χ0v) is 16.9. The van der Waals surface area contributed by atoms with Crippen LogP contribution in [0.5, 0.6) is 0 Å². The number of hydrogen-bond acceptors (Lipinski definition) is 5. The van der Waals surface area contributed by atoms with Crippen molar-refractivity contribution in [3.63, 3.8) is 0 Å². The summed E-state index contributed by atoms with van der Waals surface area (Å²) in [5.41, 5.74) is 4.41. The average molecular weight is 426 g/mol. The minimum Gasteiger partial charge on any atom is -0.267 e. The molecule has 0 saturated heterocycles. The first kappa shape index (κ1) is 20.6. The number of aryl methyl sites for hydroxylation is 1. The number of amides is 1. The number of halogens is 1. The molecule has 1 amide bonds. The molecule has 0 aromatic heterocycles. The molecule has 0 aliphatic rings. The highest BCUT2D eigenvalue weighted by Crippen LogP contribution is 2.35. The molecular formula is C21H16ClN3O3S. The lowest BCUT2D eigenvalue weighted by molar-refractivity contribution is -0.387. The summed E-state index contributed by atoms with van der Waals surface area (Å²) in [4.78, 5) is 24.4. The fourth-order valence-electron chi connectivity index (χ4n) is 2.41. The molecule has 0 spiro atoms. The van der Waals surface area contributed by atoms with Gasteiger partial charge in [0.05, 0.1) is 16.0 Å². The van der Waals surface area contributed by atoms with Crippen LogP contribution in [0, 0.1) is 17.0 Å². The van der Waals surface area contributed by atoms with Crippen LogP contribution in [0.1, 0.15) is 21.5 Å². The molecule has 146 valence electrons. The first-order valence-electron chi connectivity index (χ1n) is 8.54. The average Bonchev–Trinajstić information content (AvgIpc) is 2.71. The van der Waals surface area contributed by atoms with Crippen LogP contribution in [0.25, 0.3) is 0 Å². The number of carbonyl (C=O) groups is 1. The van der Waals surface area contributed by atoms with Crippen molar-refractivity contribution in [3.8, 4) is 0 Å². The molecule has 29 heavy (non-hydrogen) atoms. The van der Waals surface area contributed by atoms with Crippen molar-refractivity contribution < 1.29 is 9.72 Å². The van der Waals surface area contributed by atoms with Gasteiger partial charge in [0.2, 0.25) is 0 Å². The van der Waals surface area contributed by atoms with E-state index >= 15 is 0 Å². The summed E-state index contributed by atoms with van der Waals surface area (Å²) in [5.74, 6) is -0.356. The van der Waals surface area contributed by atoms with E-state index in [0.29, 0.717) is 21.0 Å². The Labute approximate surface area is 176 Å². The fraction of sp³-hybridized carbons (Fsp3) is 0.0476. The van der Waals surface area contributed by atoms with E-state index in [1.807, 2.05) is 19.1 Å². The van der Waals surface area contributed by atoms with Crippen molar-refractivity contribution in [2.45, 2.75) is 16.7 Å². The predicted molar refractivity (Wildman–Crippen MR) is 115 cm³/mol. The van der Waals surface area contributed by atoms with E-state index in [1.54, 1.807) is 48.5 Å². The van der Waals surface area contributed by atoms with Crippen LogP contribution in [0.4, 0.5) is 5.69 Å². The van der Waals surface area contributed by atoms with Gasteiger partial charge in [0.25, 0.3) is 11.6 Å². The van der Waals surface area contributed by atoms with Gasteiger partial charge < -0.3 is 0 Å². The Morgan fingerprint density at radius 3 is 2.45 bits per heavy atom. The Kier molecular flexibility index (Phi) is 6.64. The highest BCUT2D eigenvalue weighted by Gasteiger charge is 2.15. The van der Waals surface area contributed by atoms with Crippen LogP contribution < -0.4 is 5.43 Å². The summed E-state index contributed by atoms with van der Waals surface area (Å²) in [6, 6.07) is 18.9. The smallest absolute Gasteiger partial charge is 0.267 e. The van der Waals surface area contributed by atoms with Crippen molar-refractivity contribution in [2.24, 2.45) is 5.10 Å². The summed E-state index contributed by atoms with van der Waals surface area (Å²) in [6.07, 6.45) is 1.37. The van der Waals surface area contributed by atoms with E-state index in [2.05, 4.69) is 10.5 Å². The van der Waals surface area contributed by atoms with Gasteiger partial charge in [0.15, 0.2) is 0 Å². The second-order valence-corrected chi connectivity index (χ2v) is 7.66. The first-order chi connectivity index (χ1) is 13.9. The van der Waals surface area contributed by atoms with Crippen molar-refractivity contribution in [1.82, 2.24) is 5.43 Å². The molecule has 0 radical (unpaired) electrons. The standard InChI is InChI=1S/C21H16ClN3O3S/c1-14-2-5-16(6-3-14)21(26)24-23-13-15-4-11-20(19(12-15)25(27)28)29-18-9-7-17(22)8-10-18/h2-13H,1H3,(H,24,26). The van der Waals surface area contributed by atoms with Crippen molar-refractivity contribution in [2.75, 3.05) is 0 Å². The molecule has 3 aromatic carbocycles. The van der Waals surface area contributed by atoms with Gasteiger partial charge in [-0.15, -0.1) is 0 Å². The Balaban J connectivity index is 1.73. The third kappa shape index (κ3) is 5.66. The van der Waals surface area contributed by atoms with E-state index in [0.717, 1.165) is 10.5 Å². The summed E-state index contributed by atoms with van der Waals surface area (Å²) >= 11 is 7.14. The highest BCUT2D eigenvalue weighted by atomic mass is 35.5. The number of nitrogens with zero attached hydrogens (tertiary/aromatic N) is 2. The molecule has 0 atom stereocenters. The SMILES string of the molecule is Cc1ccc(C(=O)NN=Cc2ccc(Sc3ccc(Cl)cc3)c([N+](=O)[O-])c2)cc1. The monoisotopic (exact) mass is 425 g/mol. The van der Waals surface area contributed by atoms with Gasteiger partial charge in [-0.05, 0) is 49.4 Å². The van der Waals surface area contributed by atoms with Gasteiger partial charge in [0.1, 0.15) is 0 Å². The summed E-state index contributed by atoms with van der Waals surface area (Å²) < 4.78 is 0. The topological polar surface area (TPSA) is 84.6 Å². The number of nitrogens with one attached hydrogen (secondary N) is 1. The lowest BCUT2D eigenvalue weighted by atomic mass is 10.1. The van der Waals surface area contributed by atoms with Crippen LogP contribution in [0.15, 0.2) is 81.6 Å². The molecule has 0 aliphatic heterocycles. The lowest BCUT2D eigenvalue weighted by Gasteiger charge is -2.04. The van der Waals surface area contributed by atoms with Crippen LogP contribution in [0.3, 0.4) is 0 Å². The number of benzene rings is 3. The van der Waals surface area contributed by atoms with Crippen molar-refractivity contribution in [3.05, 3.63) is 98.6 Å². The fourth-order valence-corrected chi connectivity index (χ4v) is 3.43. The van der Waals surface area contributed by atoms with Crippen molar-refractivity contribution in [1.29, 1.82) is 0 Å². The second kappa shape index (κ2) is 9.36. The van der Waals surface area contributed by atoms with Crippen LogP contribution in [-0.4, -0.2) is 17.0 Å². The van der Waals surface area contributed by atoms with Gasteiger partial charge in [0, 0.05) is 27.1 Å². The van der Waals surface area contributed by atoms with Crippen LogP contribution >= 0.6 is 23.4 Å². The number of hydrogen-bond donors (Lipinski definition) is 1. The summed E-state index contributed by atoms with van der Waals surface area (Å²) in [6.45, 7) is 1.93. The molecule has 3 aromatic rings. The molecule has 0 unspecified atom stereocenters. The van der Waals surface area contributed by atoms with Gasteiger partial charge in [-0.1, -0.05) is 47.1 Å². The Morgan fingerprint density at radius 2 is 1.79 bits per heavy atom. The molecule has 8 heteroatoms. The normalized spacial score (nSPS) is 10.8. The summed E-state index contributed by atoms with van der Waals surface area (Å²) in [7, 11) is 0. The Bertz CT molecular complexity index is 1070. The van der Waals surface area contributed by atoms with Gasteiger partial charge >= 0.3 is 0 Å². The second-order valence-electron chi connectivity index (χ2n) is 6.11. The van der Waals surface area contributed by atoms with E-state index in [9.17, 15) is 14.9 Å². The molecule has 0 fully saturated rings. The molecule has 3 rings (SSSR count). The Hall–Kier alpha value is -3.16. The molecule has 1 N–H and O–H groups in total. The zero-order chi connectivity index (χ0) is 20.8. The minimum atomic E-state index is -0.444. The maximum absolute atomic E-state index is 12.1. The molecule has 0 aliphatic carbocycles. The van der Waals surface area contributed by atoms with Gasteiger partial charge in [-0.2, -0.15) is 5.10 Å². The van der Waals surface area contributed by atoms with E-state index in [4.69, 9.17) is 11.6 Å². The first-order valence-corrected chi connectivity index (χ1v) is 9.74. The number of nitro groups is 1. The maximum atomic E-state index is 12.1. The maximum Gasteiger partial charge on any atom is 0.283 e. The van der Waals surface area contributed by atoms with E-state index in [1.165, 1.54) is 24.0 Å². The predicted octanol–water partition coefficient (Wildman–Crippen LogP) is 5.47. The van der Waals surface area contributed by atoms with Gasteiger partial charge in [-0.25, -0.2) is 5.43 Å². The lowest BCUT2D eigenvalue weighted by Crippen LogP contribution is -2.17. The minimum absolute atomic E-state index is 0.0428. The number of carbonyl (C=O) groups excluding carboxylic acids is 1. The number of rotatable bonds is 6. The molecule has 6 nitrogen and oxygen atoms in total. The summed E-state index contributed by atoms with van der Waals surface area (Å²) in [5, 5.41) is 16.0. The zero-order valence-electron chi connectivity index (χ0n) is 15.3. The third-order valence-corrected chi connectivity index (χ3v) is 5.24. The quantitative estimate of drug-likeness (QED) is 0.322.